The van der Waals surface area contributed by atoms with Crippen LogP contribution in [0.2, 0.25) is 0 Å². The number of carboxylic acid groups (broad SMARTS) is 1. The third-order valence-electron chi connectivity index (χ3n) is 4.83. The zero-order valence-corrected chi connectivity index (χ0v) is 13.2. The smallest absolute Gasteiger partial charge is 0.303 e. The molecule has 0 spiro atoms. The van der Waals surface area contributed by atoms with Gasteiger partial charge in [-0.25, -0.2) is 0 Å². The van der Waals surface area contributed by atoms with Crippen molar-refractivity contribution in [2.45, 2.75) is 44.6 Å². The molecule has 0 bridgehead atoms. The summed E-state index contributed by atoms with van der Waals surface area (Å²) in [6.07, 6.45) is 4.35. The molecule has 5 nitrogen and oxygen atoms in total. The highest BCUT2D eigenvalue weighted by Crippen LogP contribution is 2.30. The highest BCUT2D eigenvalue weighted by atomic mass is 16.5. The molecule has 5 heteroatoms. The molecule has 0 saturated carbocycles. The molecule has 0 radical (unpaired) electrons. The molecule has 1 aromatic carbocycles. The van der Waals surface area contributed by atoms with Crippen LogP contribution in [0.1, 0.15) is 37.7 Å². The van der Waals surface area contributed by atoms with Crippen LogP contribution in [0.5, 0.6) is 5.75 Å². The first kappa shape index (κ1) is 15.8. The van der Waals surface area contributed by atoms with E-state index in [9.17, 15) is 9.59 Å². The Labute approximate surface area is 136 Å². The maximum atomic E-state index is 12.9. The van der Waals surface area contributed by atoms with E-state index in [4.69, 9.17) is 9.84 Å². The minimum Gasteiger partial charge on any atom is -0.492 e. The molecule has 1 saturated heterocycles. The van der Waals surface area contributed by atoms with Crippen LogP contribution in [-0.4, -0.2) is 41.1 Å². The molecule has 3 rings (SSSR count). The Bertz CT molecular complexity index is 586. The summed E-state index contributed by atoms with van der Waals surface area (Å²) in [6.45, 7) is 1.15. The quantitative estimate of drug-likeness (QED) is 0.926. The van der Waals surface area contributed by atoms with E-state index >= 15 is 0 Å². The van der Waals surface area contributed by atoms with Crippen molar-refractivity contribution in [3.63, 3.8) is 0 Å². The summed E-state index contributed by atoms with van der Waals surface area (Å²) in [5.41, 5.74) is 1.08. The van der Waals surface area contributed by atoms with Crippen molar-refractivity contribution in [1.82, 2.24) is 4.90 Å². The van der Waals surface area contributed by atoms with Gasteiger partial charge >= 0.3 is 5.97 Å². The van der Waals surface area contributed by atoms with E-state index in [1.165, 1.54) is 0 Å². The van der Waals surface area contributed by atoms with E-state index in [-0.39, 0.29) is 24.3 Å². The molecule has 0 unspecified atom stereocenters. The van der Waals surface area contributed by atoms with E-state index in [0.717, 1.165) is 37.1 Å². The molecular formula is C18H23NO4. The molecule has 2 aliphatic rings. The van der Waals surface area contributed by atoms with Crippen LogP contribution in [0.25, 0.3) is 0 Å². The molecule has 124 valence electrons. The van der Waals surface area contributed by atoms with Crippen molar-refractivity contribution in [3.05, 3.63) is 29.8 Å². The van der Waals surface area contributed by atoms with Gasteiger partial charge in [0.25, 0.3) is 0 Å². The lowest BCUT2D eigenvalue weighted by Gasteiger charge is -2.38. The zero-order valence-electron chi connectivity index (χ0n) is 13.2. The van der Waals surface area contributed by atoms with Crippen molar-refractivity contribution >= 4 is 11.9 Å². The Hall–Kier alpha value is -2.04. The summed E-state index contributed by atoms with van der Waals surface area (Å²) in [6, 6.07) is 7.91. The molecule has 0 aromatic heterocycles. The van der Waals surface area contributed by atoms with Crippen LogP contribution in [0.15, 0.2) is 24.3 Å². The number of fused-ring (bicyclic) bond motifs is 1. The minimum atomic E-state index is -0.794. The second-order valence-corrected chi connectivity index (χ2v) is 6.43. The van der Waals surface area contributed by atoms with E-state index in [2.05, 4.69) is 0 Å². The van der Waals surface area contributed by atoms with E-state index in [1.54, 1.807) is 0 Å². The third kappa shape index (κ3) is 3.66. The van der Waals surface area contributed by atoms with Gasteiger partial charge in [0.1, 0.15) is 12.4 Å². The Morgan fingerprint density at radius 2 is 2.09 bits per heavy atom. The summed E-state index contributed by atoms with van der Waals surface area (Å²) in [4.78, 5) is 25.7. The normalized spacial score (nSPS) is 23.7. The Morgan fingerprint density at radius 3 is 2.91 bits per heavy atom. The predicted octanol–water partition coefficient (Wildman–Crippen LogP) is 2.48. The molecule has 2 atom stereocenters. The number of hydrogen-bond donors (Lipinski definition) is 1. The summed E-state index contributed by atoms with van der Waals surface area (Å²) < 4.78 is 5.74. The molecule has 1 aromatic rings. The Kier molecular flexibility index (Phi) is 4.84. The van der Waals surface area contributed by atoms with Crippen LogP contribution < -0.4 is 4.74 Å². The summed E-state index contributed by atoms with van der Waals surface area (Å²) >= 11 is 0. The zero-order chi connectivity index (χ0) is 16.2. The minimum absolute atomic E-state index is 0.0597. The predicted molar refractivity (Wildman–Crippen MR) is 85.4 cm³/mol. The maximum Gasteiger partial charge on any atom is 0.303 e. The highest BCUT2D eigenvalue weighted by Gasteiger charge is 2.34. The van der Waals surface area contributed by atoms with Gasteiger partial charge in [0.15, 0.2) is 0 Å². The van der Waals surface area contributed by atoms with E-state index < -0.39 is 5.97 Å². The van der Waals surface area contributed by atoms with Crippen LogP contribution in [0.3, 0.4) is 0 Å². The first-order valence-electron chi connectivity index (χ1n) is 8.38. The van der Waals surface area contributed by atoms with Crippen molar-refractivity contribution in [1.29, 1.82) is 0 Å². The van der Waals surface area contributed by atoms with Gasteiger partial charge < -0.3 is 14.7 Å². The maximum absolute atomic E-state index is 12.9. The molecule has 23 heavy (non-hydrogen) atoms. The fourth-order valence-corrected chi connectivity index (χ4v) is 3.60. The lowest BCUT2D eigenvalue weighted by Crippen LogP contribution is -2.48. The molecule has 2 heterocycles. The second kappa shape index (κ2) is 7.02. The lowest BCUT2D eigenvalue weighted by atomic mass is 9.92. The van der Waals surface area contributed by atoms with Crippen LogP contribution >= 0.6 is 0 Å². The van der Waals surface area contributed by atoms with Gasteiger partial charge in [-0.1, -0.05) is 18.2 Å². The number of carboxylic acids is 1. The SMILES string of the molecule is O=C(O)CC[C@@H]1CCCCN1C(=O)[C@@H]1COc2ccccc2C1. The number of likely N-dealkylation sites (tertiary alicyclic amines) is 1. The first-order chi connectivity index (χ1) is 11.1. The summed E-state index contributed by atoms with van der Waals surface area (Å²) in [7, 11) is 0. The van der Waals surface area contributed by atoms with Gasteiger partial charge in [0, 0.05) is 19.0 Å². The van der Waals surface area contributed by atoms with Gasteiger partial charge in [-0.15, -0.1) is 0 Å². The summed E-state index contributed by atoms with van der Waals surface area (Å²) in [5.74, 6) is 0.0421. The summed E-state index contributed by atoms with van der Waals surface area (Å²) in [5, 5.41) is 8.90. The number of piperidine rings is 1. The second-order valence-electron chi connectivity index (χ2n) is 6.43. The van der Waals surface area contributed by atoms with Gasteiger partial charge in [0.05, 0.1) is 5.92 Å². The third-order valence-corrected chi connectivity index (χ3v) is 4.83. The average molecular weight is 317 g/mol. The van der Waals surface area contributed by atoms with E-state index in [0.29, 0.717) is 19.4 Å². The number of carbonyl (C=O) groups is 2. The molecule has 1 N–H and O–H groups in total. The van der Waals surface area contributed by atoms with Gasteiger partial charge in [-0.2, -0.15) is 0 Å². The van der Waals surface area contributed by atoms with Crippen LogP contribution in [-0.2, 0) is 16.0 Å². The number of ether oxygens (including phenoxy) is 1. The van der Waals surface area contributed by atoms with Crippen molar-refractivity contribution in [2.24, 2.45) is 5.92 Å². The lowest BCUT2D eigenvalue weighted by molar-refractivity contribution is -0.143. The fraction of sp³-hybridized carbons (Fsp3) is 0.556. The standard InChI is InChI=1S/C18H23NO4/c20-17(21)9-8-15-6-3-4-10-19(15)18(22)14-11-13-5-1-2-7-16(13)23-12-14/h1-2,5,7,14-15H,3-4,6,8-12H2,(H,20,21)/t14-,15-/m0/s1. The fourth-order valence-electron chi connectivity index (χ4n) is 3.60. The number of nitrogens with zero attached hydrogens (tertiary/aromatic N) is 1. The first-order valence-corrected chi connectivity index (χ1v) is 8.38. The van der Waals surface area contributed by atoms with Crippen molar-refractivity contribution in [2.75, 3.05) is 13.2 Å². The number of aliphatic carboxylic acids is 1. The van der Waals surface area contributed by atoms with Gasteiger partial charge in [-0.3, -0.25) is 9.59 Å². The number of para-hydroxylation sites is 1. The monoisotopic (exact) mass is 317 g/mol. The number of carbonyl (C=O) groups excluding carboxylic acids is 1. The molecule has 0 aliphatic carbocycles. The van der Waals surface area contributed by atoms with Crippen LogP contribution in [0.4, 0.5) is 0 Å². The topological polar surface area (TPSA) is 66.8 Å². The van der Waals surface area contributed by atoms with Gasteiger partial charge in [-0.05, 0) is 43.7 Å². The van der Waals surface area contributed by atoms with Crippen molar-refractivity contribution in [3.8, 4) is 5.75 Å². The van der Waals surface area contributed by atoms with E-state index in [1.807, 2.05) is 29.2 Å². The molecular weight excluding hydrogens is 294 g/mol. The van der Waals surface area contributed by atoms with Crippen molar-refractivity contribution < 1.29 is 19.4 Å². The number of benzene rings is 1. The number of hydrogen-bond acceptors (Lipinski definition) is 3. The number of rotatable bonds is 4. The Morgan fingerprint density at radius 1 is 1.26 bits per heavy atom. The average Bonchev–Trinajstić information content (AvgIpc) is 2.59. The molecule has 2 aliphatic heterocycles. The highest BCUT2D eigenvalue weighted by molar-refractivity contribution is 5.80. The number of amides is 1. The largest absolute Gasteiger partial charge is 0.492 e. The molecule has 1 amide bonds. The molecule has 1 fully saturated rings. The van der Waals surface area contributed by atoms with Gasteiger partial charge in [0.2, 0.25) is 5.91 Å². The van der Waals surface area contributed by atoms with Crippen LogP contribution in [0, 0.1) is 5.92 Å². The Balaban J connectivity index is 1.67.